The second kappa shape index (κ2) is 9.66. The number of thiophene rings is 1. The predicted octanol–water partition coefficient (Wildman–Crippen LogP) is 5.03. The lowest BCUT2D eigenvalue weighted by molar-refractivity contribution is -0.122. The summed E-state index contributed by atoms with van der Waals surface area (Å²) in [6.07, 6.45) is 1.51. The van der Waals surface area contributed by atoms with Crippen molar-refractivity contribution in [3.05, 3.63) is 87.6 Å². The molecule has 1 aromatic heterocycles. The van der Waals surface area contributed by atoms with Crippen molar-refractivity contribution in [3.8, 4) is 0 Å². The molecule has 7 heteroatoms. The van der Waals surface area contributed by atoms with E-state index in [9.17, 15) is 14.4 Å². The van der Waals surface area contributed by atoms with E-state index in [4.69, 9.17) is 0 Å². The molecule has 0 saturated carbocycles. The molecule has 0 unspecified atom stereocenters. The van der Waals surface area contributed by atoms with Crippen LogP contribution in [0.1, 0.15) is 63.9 Å². The first-order valence-electron chi connectivity index (χ1n) is 12.1. The van der Waals surface area contributed by atoms with Crippen molar-refractivity contribution in [2.45, 2.75) is 45.3 Å². The molecule has 2 atom stereocenters. The lowest BCUT2D eigenvalue weighted by Crippen LogP contribution is -2.44. The van der Waals surface area contributed by atoms with E-state index in [1.54, 1.807) is 33.3 Å². The summed E-state index contributed by atoms with van der Waals surface area (Å²) < 4.78 is 0. The van der Waals surface area contributed by atoms with Gasteiger partial charge in [-0.05, 0) is 60.0 Å². The van der Waals surface area contributed by atoms with Crippen molar-refractivity contribution in [2.75, 3.05) is 11.4 Å². The SMILES string of the molecule is CC(C)[C@H](NC(=O)c1cccc(CN2C(=O)[C@@H]3CCCN3C(=O)c3ccccc32)c1)c1cccs1. The number of benzene rings is 2. The molecule has 2 aromatic carbocycles. The fourth-order valence-electron chi connectivity index (χ4n) is 5.03. The summed E-state index contributed by atoms with van der Waals surface area (Å²) in [6.45, 7) is 5.09. The minimum absolute atomic E-state index is 0.0618. The Labute approximate surface area is 209 Å². The zero-order valence-corrected chi connectivity index (χ0v) is 20.8. The summed E-state index contributed by atoms with van der Waals surface area (Å²) >= 11 is 1.64. The molecule has 3 amide bonds. The number of carbonyl (C=O) groups is 3. The number of anilines is 1. The molecule has 0 spiro atoms. The number of nitrogens with one attached hydrogen (secondary N) is 1. The Morgan fingerprint density at radius 1 is 1.09 bits per heavy atom. The summed E-state index contributed by atoms with van der Waals surface area (Å²) in [4.78, 5) is 44.4. The summed E-state index contributed by atoms with van der Waals surface area (Å²) in [5.41, 5.74) is 2.58. The molecule has 180 valence electrons. The average molecular weight is 488 g/mol. The average Bonchev–Trinajstić information content (AvgIpc) is 3.56. The van der Waals surface area contributed by atoms with Gasteiger partial charge in [0.25, 0.3) is 11.8 Å². The van der Waals surface area contributed by atoms with E-state index in [0.29, 0.717) is 36.3 Å². The first kappa shape index (κ1) is 23.3. The molecule has 2 aliphatic heterocycles. The van der Waals surface area contributed by atoms with Crippen LogP contribution in [0.15, 0.2) is 66.0 Å². The van der Waals surface area contributed by atoms with Gasteiger partial charge in [-0.2, -0.15) is 0 Å². The van der Waals surface area contributed by atoms with E-state index >= 15 is 0 Å². The largest absolute Gasteiger partial charge is 0.344 e. The molecule has 5 rings (SSSR count). The molecule has 6 nitrogen and oxygen atoms in total. The molecule has 0 aliphatic carbocycles. The van der Waals surface area contributed by atoms with Crippen LogP contribution in [0.25, 0.3) is 0 Å². The van der Waals surface area contributed by atoms with E-state index in [-0.39, 0.29) is 29.7 Å². The maximum Gasteiger partial charge on any atom is 0.256 e. The highest BCUT2D eigenvalue weighted by molar-refractivity contribution is 7.10. The van der Waals surface area contributed by atoms with Crippen LogP contribution < -0.4 is 10.2 Å². The van der Waals surface area contributed by atoms with Crippen molar-refractivity contribution in [2.24, 2.45) is 5.92 Å². The van der Waals surface area contributed by atoms with Gasteiger partial charge in [0.15, 0.2) is 0 Å². The molecular formula is C28H29N3O3S. The number of para-hydroxylation sites is 1. The summed E-state index contributed by atoms with van der Waals surface area (Å²) in [7, 11) is 0. The van der Waals surface area contributed by atoms with Gasteiger partial charge in [-0.25, -0.2) is 0 Å². The Balaban J connectivity index is 1.42. The van der Waals surface area contributed by atoms with Crippen LogP contribution in [0, 0.1) is 5.92 Å². The molecule has 1 saturated heterocycles. The van der Waals surface area contributed by atoms with Gasteiger partial charge >= 0.3 is 0 Å². The Morgan fingerprint density at radius 3 is 2.69 bits per heavy atom. The Morgan fingerprint density at radius 2 is 1.91 bits per heavy atom. The number of hydrogen-bond donors (Lipinski definition) is 1. The highest BCUT2D eigenvalue weighted by Crippen LogP contribution is 2.33. The van der Waals surface area contributed by atoms with E-state index < -0.39 is 6.04 Å². The van der Waals surface area contributed by atoms with Gasteiger partial charge in [0.2, 0.25) is 5.91 Å². The molecule has 1 fully saturated rings. The number of rotatable bonds is 6. The first-order chi connectivity index (χ1) is 16.9. The fourth-order valence-corrected chi connectivity index (χ4v) is 5.97. The quantitative estimate of drug-likeness (QED) is 0.530. The van der Waals surface area contributed by atoms with Gasteiger partial charge in [0, 0.05) is 17.0 Å². The highest BCUT2D eigenvalue weighted by Gasteiger charge is 2.41. The van der Waals surface area contributed by atoms with E-state index in [1.165, 1.54) is 0 Å². The van der Waals surface area contributed by atoms with Gasteiger partial charge < -0.3 is 15.1 Å². The minimum Gasteiger partial charge on any atom is -0.344 e. The molecule has 1 N–H and O–H groups in total. The third-order valence-electron chi connectivity index (χ3n) is 6.82. The van der Waals surface area contributed by atoms with Crippen LogP contribution in [0.2, 0.25) is 0 Å². The van der Waals surface area contributed by atoms with Crippen molar-refractivity contribution in [1.82, 2.24) is 10.2 Å². The monoisotopic (exact) mass is 487 g/mol. The third-order valence-corrected chi connectivity index (χ3v) is 7.78. The van der Waals surface area contributed by atoms with Crippen LogP contribution in [0.3, 0.4) is 0 Å². The summed E-state index contributed by atoms with van der Waals surface area (Å²) in [5, 5.41) is 5.19. The molecule has 3 aromatic rings. The molecule has 3 heterocycles. The zero-order chi connectivity index (χ0) is 24.5. The summed E-state index contributed by atoms with van der Waals surface area (Å²) in [5.74, 6) is -0.0359. The lowest BCUT2D eigenvalue weighted by atomic mass is 10.0. The van der Waals surface area contributed by atoms with E-state index in [1.807, 2.05) is 53.9 Å². The van der Waals surface area contributed by atoms with Gasteiger partial charge in [0.1, 0.15) is 6.04 Å². The van der Waals surface area contributed by atoms with Gasteiger partial charge in [0.05, 0.1) is 23.8 Å². The van der Waals surface area contributed by atoms with Gasteiger partial charge in [-0.15, -0.1) is 11.3 Å². The smallest absolute Gasteiger partial charge is 0.256 e. The second-order valence-electron chi connectivity index (χ2n) is 9.51. The van der Waals surface area contributed by atoms with Gasteiger partial charge in [-0.1, -0.05) is 44.2 Å². The van der Waals surface area contributed by atoms with Crippen molar-refractivity contribution < 1.29 is 14.4 Å². The van der Waals surface area contributed by atoms with Crippen molar-refractivity contribution in [1.29, 1.82) is 0 Å². The maximum atomic E-state index is 13.6. The minimum atomic E-state index is -0.432. The second-order valence-corrected chi connectivity index (χ2v) is 10.5. The Kier molecular flexibility index (Phi) is 6.43. The molecule has 0 bridgehead atoms. The zero-order valence-electron chi connectivity index (χ0n) is 19.9. The molecule has 2 aliphatic rings. The third kappa shape index (κ3) is 4.48. The van der Waals surface area contributed by atoms with Gasteiger partial charge in [-0.3, -0.25) is 14.4 Å². The molecule has 35 heavy (non-hydrogen) atoms. The van der Waals surface area contributed by atoms with Crippen LogP contribution in [-0.4, -0.2) is 35.2 Å². The first-order valence-corrected chi connectivity index (χ1v) is 13.0. The number of amides is 3. The standard InChI is InChI=1S/C28H29N3O3S/c1-18(2)25(24-13-7-15-35-24)29-26(32)20-9-5-8-19(16-20)17-31-22-11-4-3-10-21(22)27(33)30-14-6-12-23(30)28(31)34/h3-5,7-11,13,15-16,18,23,25H,6,12,14,17H2,1-2H3,(H,29,32)/t23-,25-/m0/s1. The van der Waals surface area contributed by atoms with Crippen molar-refractivity contribution in [3.63, 3.8) is 0 Å². The summed E-state index contributed by atoms with van der Waals surface area (Å²) in [6, 6.07) is 18.3. The topological polar surface area (TPSA) is 69.7 Å². The normalized spacial score (nSPS) is 18.3. The molecular weight excluding hydrogens is 458 g/mol. The van der Waals surface area contributed by atoms with Crippen molar-refractivity contribution >= 4 is 34.7 Å². The number of hydrogen-bond acceptors (Lipinski definition) is 4. The van der Waals surface area contributed by atoms with Crippen LogP contribution in [-0.2, 0) is 11.3 Å². The fraction of sp³-hybridized carbons (Fsp3) is 0.321. The number of nitrogens with zero attached hydrogens (tertiary/aromatic N) is 2. The Bertz CT molecular complexity index is 1250. The van der Waals surface area contributed by atoms with Crippen LogP contribution >= 0.6 is 11.3 Å². The lowest BCUT2D eigenvalue weighted by Gasteiger charge is -2.26. The maximum absolute atomic E-state index is 13.6. The molecule has 0 radical (unpaired) electrons. The van der Waals surface area contributed by atoms with Crippen LogP contribution in [0.4, 0.5) is 5.69 Å². The predicted molar refractivity (Wildman–Crippen MR) is 137 cm³/mol. The Hall–Kier alpha value is -3.45. The number of fused-ring (bicyclic) bond motifs is 2. The number of carbonyl (C=O) groups excluding carboxylic acids is 3. The van der Waals surface area contributed by atoms with E-state index in [0.717, 1.165) is 16.9 Å². The van der Waals surface area contributed by atoms with Crippen LogP contribution in [0.5, 0.6) is 0 Å². The highest BCUT2D eigenvalue weighted by atomic mass is 32.1. The van der Waals surface area contributed by atoms with E-state index in [2.05, 4.69) is 19.2 Å².